The molecule has 0 aliphatic rings. The van der Waals surface area contributed by atoms with Gasteiger partial charge in [0.1, 0.15) is 6.61 Å². The lowest BCUT2D eigenvalue weighted by atomic mass is 10.0. The van der Waals surface area contributed by atoms with Gasteiger partial charge in [-0.2, -0.15) is 0 Å². The Morgan fingerprint density at radius 2 is 1.91 bits per heavy atom. The van der Waals surface area contributed by atoms with Gasteiger partial charge in [-0.05, 0) is 17.7 Å². The highest BCUT2D eigenvalue weighted by molar-refractivity contribution is 5.68. The third kappa shape index (κ3) is 6.30. The van der Waals surface area contributed by atoms with Crippen molar-refractivity contribution in [1.29, 1.82) is 0 Å². The molecule has 1 rings (SSSR count). The van der Waals surface area contributed by atoms with Crippen molar-refractivity contribution in [2.24, 2.45) is 5.73 Å². The van der Waals surface area contributed by atoms with Crippen molar-refractivity contribution >= 4 is 5.97 Å². The smallest absolute Gasteiger partial charge is 0.305 e. The van der Waals surface area contributed by atoms with E-state index in [0.29, 0.717) is 43.5 Å². The summed E-state index contributed by atoms with van der Waals surface area (Å²) in [6.45, 7) is 1.87. The zero-order valence-electron chi connectivity index (χ0n) is 12.9. The molecule has 124 valence electrons. The second-order valence-corrected chi connectivity index (χ2v) is 4.57. The third-order valence-electron chi connectivity index (χ3n) is 2.93. The van der Waals surface area contributed by atoms with Gasteiger partial charge in [0.05, 0.1) is 33.4 Å². The molecule has 1 aromatic carbocycles. The van der Waals surface area contributed by atoms with Crippen LogP contribution in [0, 0.1) is 0 Å². The Morgan fingerprint density at radius 3 is 2.55 bits per heavy atom. The Labute approximate surface area is 129 Å². The van der Waals surface area contributed by atoms with E-state index in [1.54, 1.807) is 25.3 Å². The number of rotatable bonds is 11. The average Bonchev–Trinajstić information content (AvgIpc) is 2.50. The summed E-state index contributed by atoms with van der Waals surface area (Å²) in [6.07, 6.45) is -0.142. The predicted octanol–water partition coefficient (Wildman–Crippen LogP) is 1.21. The maximum Gasteiger partial charge on any atom is 0.305 e. The van der Waals surface area contributed by atoms with E-state index in [1.165, 1.54) is 7.11 Å². The van der Waals surface area contributed by atoms with Gasteiger partial charge >= 0.3 is 5.97 Å². The highest BCUT2D eigenvalue weighted by atomic mass is 16.5. The molecular weight excluding hydrogens is 290 g/mol. The molecule has 0 unspecified atom stereocenters. The molecule has 0 saturated carbocycles. The van der Waals surface area contributed by atoms with E-state index in [9.17, 15) is 4.79 Å². The zero-order valence-corrected chi connectivity index (χ0v) is 12.9. The second-order valence-electron chi connectivity index (χ2n) is 4.57. The van der Waals surface area contributed by atoms with E-state index in [-0.39, 0.29) is 6.42 Å². The van der Waals surface area contributed by atoms with Gasteiger partial charge in [0.25, 0.3) is 0 Å². The molecule has 0 bridgehead atoms. The summed E-state index contributed by atoms with van der Waals surface area (Å²) in [5, 5.41) is 8.77. The number of nitrogens with two attached hydrogens (primary N) is 1. The summed E-state index contributed by atoms with van der Waals surface area (Å²) in [6, 6.07) is 4.55. The number of hydrogen-bond acceptors (Lipinski definition) is 6. The standard InChI is InChI=1S/C15H23NO6/c1-19-5-6-21-7-8-22-13-4-3-11(9-14(13)20-2)12(16)10-15(17)18/h3-4,9,12H,5-8,10,16H2,1-2H3,(H,17,18)/t12-/m1/s1. The lowest BCUT2D eigenvalue weighted by molar-refractivity contribution is -0.137. The maximum atomic E-state index is 10.7. The number of hydrogen-bond donors (Lipinski definition) is 2. The second kappa shape index (κ2) is 9.99. The van der Waals surface area contributed by atoms with Crippen LogP contribution in [0.3, 0.4) is 0 Å². The maximum absolute atomic E-state index is 10.7. The van der Waals surface area contributed by atoms with Crippen LogP contribution in [0.5, 0.6) is 11.5 Å². The summed E-state index contributed by atoms with van der Waals surface area (Å²) < 4.78 is 21.0. The van der Waals surface area contributed by atoms with E-state index in [1.807, 2.05) is 0 Å². The van der Waals surface area contributed by atoms with Gasteiger partial charge in [-0.1, -0.05) is 6.07 Å². The Kier molecular flexibility index (Phi) is 8.27. The van der Waals surface area contributed by atoms with E-state index < -0.39 is 12.0 Å². The minimum atomic E-state index is -0.944. The van der Waals surface area contributed by atoms with Crippen molar-refractivity contribution in [1.82, 2.24) is 0 Å². The Bertz CT molecular complexity index is 465. The zero-order chi connectivity index (χ0) is 16.4. The molecule has 0 saturated heterocycles. The molecule has 7 heteroatoms. The fourth-order valence-corrected chi connectivity index (χ4v) is 1.79. The normalized spacial score (nSPS) is 12.0. The summed E-state index contributed by atoms with van der Waals surface area (Å²) in [7, 11) is 3.13. The van der Waals surface area contributed by atoms with Crippen LogP contribution in [0.1, 0.15) is 18.0 Å². The fourth-order valence-electron chi connectivity index (χ4n) is 1.79. The molecule has 0 amide bonds. The molecule has 0 aliphatic heterocycles. The van der Waals surface area contributed by atoms with Crippen molar-refractivity contribution in [3.8, 4) is 11.5 Å². The van der Waals surface area contributed by atoms with Crippen molar-refractivity contribution in [3.05, 3.63) is 23.8 Å². The van der Waals surface area contributed by atoms with Gasteiger partial charge in [0, 0.05) is 13.2 Å². The highest BCUT2D eigenvalue weighted by Gasteiger charge is 2.13. The topological polar surface area (TPSA) is 100 Å². The lowest BCUT2D eigenvalue weighted by Gasteiger charge is -2.15. The average molecular weight is 313 g/mol. The van der Waals surface area contributed by atoms with Crippen LogP contribution < -0.4 is 15.2 Å². The molecule has 0 aliphatic carbocycles. The Morgan fingerprint density at radius 1 is 1.18 bits per heavy atom. The van der Waals surface area contributed by atoms with E-state index in [2.05, 4.69) is 0 Å². The van der Waals surface area contributed by atoms with Crippen LogP contribution in [-0.2, 0) is 14.3 Å². The molecule has 0 fully saturated rings. The highest BCUT2D eigenvalue weighted by Crippen LogP contribution is 2.30. The third-order valence-corrected chi connectivity index (χ3v) is 2.93. The van der Waals surface area contributed by atoms with Crippen LogP contribution >= 0.6 is 0 Å². The van der Waals surface area contributed by atoms with Crippen LogP contribution in [0.25, 0.3) is 0 Å². The summed E-state index contributed by atoms with van der Waals surface area (Å²) in [5.41, 5.74) is 6.51. The van der Waals surface area contributed by atoms with Gasteiger partial charge in [-0.25, -0.2) is 0 Å². The van der Waals surface area contributed by atoms with Gasteiger partial charge in [0.15, 0.2) is 11.5 Å². The van der Waals surface area contributed by atoms with Crippen LogP contribution in [-0.4, -0.2) is 51.7 Å². The summed E-state index contributed by atoms with van der Waals surface area (Å²) in [5.74, 6) is 0.124. The first-order chi connectivity index (χ1) is 10.6. The summed E-state index contributed by atoms with van der Waals surface area (Å²) >= 11 is 0. The van der Waals surface area contributed by atoms with E-state index in [0.717, 1.165) is 0 Å². The molecule has 0 aromatic heterocycles. The minimum Gasteiger partial charge on any atom is -0.493 e. The number of benzene rings is 1. The van der Waals surface area contributed by atoms with Crippen LogP contribution in [0.15, 0.2) is 18.2 Å². The lowest BCUT2D eigenvalue weighted by Crippen LogP contribution is -2.15. The van der Waals surface area contributed by atoms with Crippen molar-refractivity contribution in [2.45, 2.75) is 12.5 Å². The first-order valence-corrected chi connectivity index (χ1v) is 6.93. The number of carboxylic acids is 1. The SMILES string of the molecule is COCCOCCOc1ccc([C@H](N)CC(=O)O)cc1OC. The van der Waals surface area contributed by atoms with Crippen LogP contribution in [0.2, 0.25) is 0 Å². The summed E-state index contributed by atoms with van der Waals surface area (Å²) in [4.78, 5) is 10.7. The predicted molar refractivity (Wildman–Crippen MR) is 80.4 cm³/mol. The van der Waals surface area contributed by atoms with Gasteiger partial charge in [0.2, 0.25) is 0 Å². The van der Waals surface area contributed by atoms with E-state index in [4.69, 9.17) is 29.8 Å². The first-order valence-electron chi connectivity index (χ1n) is 6.93. The molecular formula is C15H23NO6. The number of aliphatic carboxylic acids is 1. The van der Waals surface area contributed by atoms with E-state index >= 15 is 0 Å². The van der Waals surface area contributed by atoms with Crippen LogP contribution in [0.4, 0.5) is 0 Å². The molecule has 0 spiro atoms. The molecule has 22 heavy (non-hydrogen) atoms. The van der Waals surface area contributed by atoms with Gasteiger partial charge < -0.3 is 29.8 Å². The Balaban J connectivity index is 2.55. The monoisotopic (exact) mass is 313 g/mol. The van der Waals surface area contributed by atoms with Gasteiger partial charge in [-0.3, -0.25) is 4.79 Å². The number of methoxy groups -OCH3 is 2. The number of carboxylic acid groups (broad SMARTS) is 1. The molecule has 0 heterocycles. The largest absolute Gasteiger partial charge is 0.493 e. The molecule has 1 atom stereocenters. The first kappa shape index (κ1) is 18.2. The quantitative estimate of drug-likeness (QED) is 0.592. The molecule has 3 N–H and O–H groups in total. The van der Waals surface area contributed by atoms with Crippen molar-refractivity contribution in [2.75, 3.05) is 40.6 Å². The molecule has 1 aromatic rings. The minimum absolute atomic E-state index is 0.142. The fraction of sp³-hybridized carbons (Fsp3) is 0.533. The molecule has 0 radical (unpaired) electrons. The molecule has 7 nitrogen and oxygen atoms in total. The Hall–Kier alpha value is -1.83. The number of carbonyl (C=O) groups is 1. The van der Waals surface area contributed by atoms with Gasteiger partial charge in [-0.15, -0.1) is 0 Å². The van der Waals surface area contributed by atoms with Crippen molar-refractivity contribution < 1.29 is 28.8 Å². The van der Waals surface area contributed by atoms with Crippen molar-refractivity contribution in [3.63, 3.8) is 0 Å². The number of ether oxygens (including phenoxy) is 4.